The first-order valence-corrected chi connectivity index (χ1v) is 5.40. The van der Waals surface area contributed by atoms with Gasteiger partial charge in [0.05, 0.1) is 0 Å². The van der Waals surface area contributed by atoms with E-state index < -0.39 is 0 Å². The van der Waals surface area contributed by atoms with Crippen molar-refractivity contribution in [2.24, 2.45) is 17.8 Å². The van der Waals surface area contributed by atoms with Gasteiger partial charge in [-0.1, -0.05) is 39.3 Å². The first kappa shape index (κ1) is 9.83. The second kappa shape index (κ2) is 4.69. The summed E-state index contributed by atoms with van der Waals surface area (Å²) >= 11 is 0. The summed E-state index contributed by atoms with van der Waals surface area (Å²) in [6, 6.07) is 0. The molecule has 0 spiro atoms. The third-order valence-electron chi connectivity index (χ3n) is 3.33. The van der Waals surface area contributed by atoms with Crippen LogP contribution in [0.3, 0.4) is 0 Å². The van der Waals surface area contributed by atoms with Crippen LogP contribution in [-0.2, 0) is 0 Å². The summed E-state index contributed by atoms with van der Waals surface area (Å²) < 4.78 is 0. The van der Waals surface area contributed by atoms with Gasteiger partial charge in [0.15, 0.2) is 0 Å². The van der Waals surface area contributed by atoms with Gasteiger partial charge in [-0.15, -0.1) is 0 Å². The highest BCUT2D eigenvalue weighted by Gasteiger charge is 2.30. The third kappa shape index (κ3) is 2.36. The molecule has 1 rings (SSSR count). The maximum atomic E-state index is 2.40. The Morgan fingerprint density at radius 3 is 2.50 bits per heavy atom. The van der Waals surface area contributed by atoms with Gasteiger partial charge in [-0.05, 0) is 37.0 Å². The Morgan fingerprint density at radius 1 is 1.33 bits per heavy atom. The van der Waals surface area contributed by atoms with Gasteiger partial charge >= 0.3 is 0 Å². The molecule has 12 heavy (non-hydrogen) atoms. The predicted molar refractivity (Wildman–Crippen MR) is 55.1 cm³/mol. The summed E-state index contributed by atoms with van der Waals surface area (Å²) in [5.41, 5.74) is 0. The van der Waals surface area contributed by atoms with Crippen LogP contribution in [0.25, 0.3) is 0 Å². The number of allylic oxidation sites excluding steroid dienone is 2. The van der Waals surface area contributed by atoms with Crippen LogP contribution in [0.4, 0.5) is 0 Å². The lowest BCUT2D eigenvalue weighted by atomic mass is 9.68. The number of rotatable bonds is 4. The smallest absolute Gasteiger partial charge is 0.0322 e. The molecule has 0 saturated heterocycles. The molecule has 0 N–H and O–H groups in total. The molecule has 0 aliphatic heterocycles. The second-order valence-corrected chi connectivity index (χ2v) is 4.31. The topological polar surface area (TPSA) is 0 Å². The Bertz CT molecular complexity index is 146. The van der Waals surface area contributed by atoms with Crippen molar-refractivity contribution in [3.63, 3.8) is 0 Å². The molecule has 3 unspecified atom stereocenters. The highest BCUT2D eigenvalue weighted by molar-refractivity contribution is 4.88. The molecule has 0 heterocycles. The molecular weight excluding hydrogens is 144 g/mol. The number of hydrogen-bond acceptors (Lipinski definition) is 0. The summed E-state index contributed by atoms with van der Waals surface area (Å²) in [5, 5.41) is 0. The van der Waals surface area contributed by atoms with Gasteiger partial charge in [0.2, 0.25) is 0 Å². The maximum absolute atomic E-state index is 2.40. The van der Waals surface area contributed by atoms with Crippen LogP contribution in [0, 0.1) is 17.8 Å². The summed E-state index contributed by atoms with van der Waals surface area (Å²) in [7, 11) is 0. The molecule has 0 heteroatoms. The highest BCUT2D eigenvalue weighted by Crippen LogP contribution is 2.40. The summed E-state index contributed by atoms with van der Waals surface area (Å²) in [4.78, 5) is 0. The van der Waals surface area contributed by atoms with Crippen molar-refractivity contribution in [2.75, 3.05) is 0 Å². The van der Waals surface area contributed by atoms with E-state index in [1.807, 2.05) is 0 Å². The van der Waals surface area contributed by atoms with Gasteiger partial charge in [0.25, 0.3) is 0 Å². The van der Waals surface area contributed by atoms with Crippen molar-refractivity contribution in [3.8, 4) is 0 Å². The fourth-order valence-electron chi connectivity index (χ4n) is 2.19. The van der Waals surface area contributed by atoms with Gasteiger partial charge < -0.3 is 0 Å². The van der Waals surface area contributed by atoms with Crippen LogP contribution in [0.2, 0.25) is 0 Å². The van der Waals surface area contributed by atoms with Gasteiger partial charge in [0, 0.05) is 0 Å². The van der Waals surface area contributed by atoms with E-state index in [2.05, 4.69) is 32.9 Å². The van der Waals surface area contributed by atoms with E-state index >= 15 is 0 Å². The van der Waals surface area contributed by atoms with E-state index in [1.54, 1.807) is 0 Å². The molecule has 0 aromatic carbocycles. The van der Waals surface area contributed by atoms with Crippen molar-refractivity contribution < 1.29 is 0 Å². The summed E-state index contributed by atoms with van der Waals surface area (Å²) in [6.07, 6.45) is 10.1. The SMILES string of the molecule is CCC=CCC(C)C1CCC1C. The van der Waals surface area contributed by atoms with E-state index in [9.17, 15) is 0 Å². The molecule has 1 aliphatic carbocycles. The molecule has 0 radical (unpaired) electrons. The quantitative estimate of drug-likeness (QED) is 0.553. The first-order chi connectivity index (χ1) is 5.75. The van der Waals surface area contributed by atoms with Crippen LogP contribution >= 0.6 is 0 Å². The van der Waals surface area contributed by atoms with Gasteiger partial charge in [-0.25, -0.2) is 0 Å². The Hall–Kier alpha value is -0.260. The molecule has 0 nitrogen and oxygen atoms in total. The van der Waals surface area contributed by atoms with Gasteiger partial charge in [0.1, 0.15) is 0 Å². The molecule has 70 valence electrons. The molecule has 0 aromatic rings. The second-order valence-electron chi connectivity index (χ2n) is 4.31. The predicted octanol–water partition coefficient (Wildman–Crippen LogP) is 4.02. The fraction of sp³-hybridized carbons (Fsp3) is 0.833. The van der Waals surface area contributed by atoms with Crippen molar-refractivity contribution in [1.82, 2.24) is 0 Å². The van der Waals surface area contributed by atoms with Crippen molar-refractivity contribution in [1.29, 1.82) is 0 Å². The largest absolute Gasteiger partial charge is 0.0888 e. The van der Waals surface area contributed by atoms with E-state index in [4.69, 9.17) is 0 Å². The van der Waals surface area contributed by atoms with Crippen LogP contribution in [-0.4, -0.2) is 0 Å². The van der Waals surface area contributed by atoms with Crippen LogP contribution < -0.4 is 0 Å². The number of hydrogen-bond donors (Lipinski definition) is 0. The van der Waals surface area contributed by atoms with Crippen LogP contribution in [0.1, 0.15) is 46.5 Å². The zero-order valence-electron chi connectivity index (χ0n) is 8.72. The maximum Gasteiger partial charge on any atom is -0.0322 e. The third-order valence-corrected chi connectivity index (χ3v) is 3.33. The minimum Gasteiger partial charge on any atom is -0.0888 e. The Kier molecular flexibility index (Phi) is 3.84. The lowest BCUT2D eigenvalue weighted by Gasteiger charge is -2.38. The average molecular weight is 166 g/mol. The lowest BCUT2D eigenvalue weighted by molar-refractivity contribution is 0.130. The first-order valence-electron chi connectivity index (χ1n) is 5.40. The molecule has 0 amide bonds. The average Bonchev–Trinajstić information content (AvgIpc) is 2.02. The zero-order valence-corrected chi connectivity index (χ0v) is 8.72. The molecule has 1 saturated carbocycles. The van der Waals surface area contributed by atoms with Crippen molar-refractivity contribution in [3.05, 3.63) is 12.2 Å². The van der Waals surface area contributed by atoms with Crippen molar-refractivity contribution >= 4 is 0 Å². The Labute approximate surface area is 77.1 Å². The normalized spacial score (nSPS) is 31.9. The lowest BCUT2D eigenvalue weighted by Crippen LogP contribution is -2.28. The van der Waals surface area contributed by atoms with Crippen LogP contribution in [0.5, 0.6) is 0 Å². The summed E-state index contributed by atoms with van der Waals surface area (Å²) in [5.74, 6) is 2.93. The molecule has 3 atom stereocenters. The Balaban J connectivity index is 2.19. The van der Waals surface area contributed by atoms with E-state index in [1.165, 1.54) is 25.7 Å². The Morgan fingerprint density at radius 2 is 2.08 bits per heavy atom. The summed E-state index contributed by atoms with van der Waals surface area (Å²) in [6.45, 7) is 7.00. The van der Waals surface area contributed by atoms with E-state index in [-0.39, 0.29) is 0 Å². The molecular formula is C12H22. The van der Waals surface area contributed by atoms with Crippen molar-refractivity contribution in [2.45, 2.75) is 46.5 Å². The molecule has 1 aliphatic rings. The fourth-order valence-corrected chi connectivity index (χ4v) is 2.19. The monoisotopic (exact) mass is 166 g/mol. The zero-order chi connectivity index (χ0) is 8.97. The van der Waals surface area contributed by atoms with Gasteiger partial charge in [-0.3, -0.25) is 0 Å². The minimum absolute atomic E-state index is 0.913. The van der Waals surface area contributed by atoms with Crippen LogP contribution in [0.15, 0.2) is 12.2 Å². The minimum atomic E-state index is 0.913. The van der Waals surface area contributed by atoms with E-state index in [0.29, 0.717) is 0 Å². The van der Waals surface area contributed by atoms with Gasteiger partial charge in [-0.2, -0.15) is 0 Å². The molecule has 0 aromatic heterocycles. The standard InChI is InChI=1S/C12H22/c1-4-5-6-7-10(2)12-9-8-11(12)3/h5-6,10-12H,4,7-9H2,1-3H3. The molecule has 1 fully saturated rings. The highest BCUT2D eigenvalue weighted by atomic mass is 14.4. The van der Waals surface area contributed by atoms with E-state index in [0.717, 1.165) is 17.8 Å². The molecule has 0 bridgehead atoms.